The summed E-state index contributed by atoms with van der Waals surface area (Å²) in [5, 5.41) is 19.9. The van der Waals surface area contributed by atoms with Crippen LogP contribution in [0.5, 0.6) is 0 Å². The average Bonchev–Trinajstić information content (AvgIpc) is 2.19. The topological polar surface area (TPSA) is 52.8 Å². The fourth-order valence-corrected chi connectivity index (χ4v) is 1.10. The Morgan fingerprint density at radius 1 is 1.29 bits per heavy atom. The van der Waals surface area contributed by atoms with Gasteiger partial charge in [-0.15, -0.1) is 0 Å². The van der Waals surface area contributed by atoms with Crippen LogP contribution in [0.25, 0.3) is 6.08 Å². The lowest BCUT2D eigenvalue weighted by Crippen LogP contribution is -1.82. The van der Waals surface area contributed by atoms with Crippen molar-refractivity contribution in [3.8, 4) is 0 Å². The lowest BCUT2D eigenvalue weighted by atomic mass is 10.1. The van der Waals surface area contributed by atoms with Gasteiger partial charge in [-0.25, -0.2) is 0 Å². The number of oxime groups is 1. The Labute approximate surface area is 83.0 Å². The monoisotopic (exact) mass is 191 g/mol. The van der Waals surface area contributed by atoms with Gasteiger partial charge in [0.15, 0.2) is 0 Å². The van der Waals surface area contributed by atoms with Crippen molar-refractivity contribution in [2.45, 2.75) is 6.42 Å². The molecule has 3 heteroatoms. The van der Waals surface area contributed by atoms with Gasteiger partial charge in [0.25, 0.3) is 0 Å². The molecule has 0 fully saturated rings. The second-order valence-electron chi connectivity index (χ2n) is 2.83. The van der Waals surface area contributed by atoms with E-state index in [4.69, 9.17) is 10.3 Å². The van der Waals surface area contributed by atoms with Crippen LogP contribution in [0.2, 0.25) is 0 Å². The van der Waals surface area contributed by atoms with Crippen molar-refractivity contribution >= 4 is 12.3 Å². The van der Waals surface area contributed by atoms with E-state index in [1.165, 1.54) is 6.21 Å². The van der Waals surface area contributed by atoms with E-state index in [1.54, 1.807) is 0 Å². The summed E-state index contributed by atoms with van der Waals surface area (Å²) in [5.74, 6) is 0. The van der Waals surface area contributed by atoms with Crippen LogP contribution in [0.3, 0.4) is 0 Å². The third kappa shape index (κ3) is 3.41. The summed E-state index contributed by atoms with van der Waals surface area (Å²) in [6.07, 6.45) is 5.85. The summed E-state index contributed by atoms with van der Waals surface area (Å²) < 4.78 is 0. The van der Waals surface area contributed by atoms with Gasteiger partial charge in [0.05, 0.1) is 6.21 Å². The van der Waals surface area contributed by atoms with Crippen LogP contribution in [0.1, 0.15) is 17.5 Å². The standard InChI is InChI=1S/C11H13NO2/c13-7-2-1-4-10-5-3-6-11(8-10)9-12-14/h1,3-6,8-9,13-14H,2,7H2. The minimum atomic E-state index is 0.161. The summed E-state index contributed by atoms with van der Waals surface area (Å²) in [6, 6.07) is 7.58. The van der Waals surface area contributed by atoms with Gasteiger partial charge in [0, 0.05) is 6.61 Å². The lowest BCUT2D eigenvalue weighted by Gasteiger charge is -1.95. The molecule has 3 nitrogen and oxygen atoms in total. The molecule has 1 aromatic carbocycles. The Kier molecular flexibility index (Phi) is 4.44. The van der Waals surface area contributed by atoms with E-state index in [0.29, 0.717) is 6.42 Å². The maximum Gasteiger partial charge on any atom is 0.0734 e. The van der Waals surface area contributed by atoms with Crippen LogP contribution >= 0.6 is 0 Å². The molecule has 0 unspecified atom stereocenters. The summed E-state index contributed by atoms with van der Waals surface area (Å²) in [4.78, 5) is 0. The summed E-state index contributed by atoms with van der Waals surface area (Å²) in [7, 11) is 0. The Hall–Kier alpha value is -1.61. The maximum atomic E-state index is 8.58. The molecule has 0 aromatic heterocycles. The number of aliphatic hydroxyl groups is 1. The van der Waals surface area contributed by atoms with Crippen molar-refractivity contribution in [2.75, 3.05) is 6.61 Å². The first-order valence-electron chi connectivity index (χ1n) is 4.41. The lowest BCUT2D eigenvalue weighted by molar-refractivity contribution is 0.303. The summed E-state index contributed by atoms with van der Waals surface area (Å²) in [5.41, 5.74) is 1.87. The zero-order valence-corrected chi connectivity index (χ0v) is 7.80. The second kappa shape index (κ2) is 5.94. The molecule has 0 bridgehead atoms. The molecule has 0 saturated heterocycles. The van der Waals surface area contributed by atoms with Crippen LogP contribution in [0.15, 0.2) is 35.5 Å². The average molecular weight is 191 g/mol. The van der Waals surface area contributed by atoms with Gasteiger partial charge < -0.3 is 10.3 Å². The number of hydrogen-bond acceptors (Lipinski definition) is 3. The van der Waals surface area contributed by atoms with Crippen molar-refractivity contribution in [1.82, 2.24) is 0 Å². The van der Waals surface area contributed by atoms with E-state index in [9.17, 15) is 0 Å². The normalized spacial score (nSPS) is 11.5. The number of nitrogens with zero attached hydrogens (tertiary/aromatic N) is 1. The smallest absolute Gasteiger partial charge is 0.0734 e. The Morgan fingerprint density at radius 2 is 2.07 bits per heavy atom. The Morgan fingerprint density at radius 3 is 2.79 bits per heavy atom. The van der Waals surface area contributed by atoms with Crippen molar-refractivity contribution in [3.63, 3.8) is 0 Å². The molecule has 0 saturated carbocycles. The Bertz CT molecular complexity index is 332. The van der Waals surface area contributed by atoms with Gasteiger partial charge in [-0.1, -0.05) is 35.5 Å². The molecular formula is C11H13NO2. The second-order valence-corrected chi connectivity index (χ2v) is 2.83. The fourth-order valence-electron chi connectivity index (χ4n) is 1.10. The van der Waals surface area contributed by atoms with Crippen LogP contribution < -0.4 is 0 Å². The van der Waals surface area contributed by atoms with Crippen molar-refractivity contribution < 1.29 is 10.3 Å². The quantitative estimate of drug-likeness (QED) is 0.434. The predicted molar refractivity (Wildman–Crippen MR) is 56.6 cm³/mol. The van der Waals surface area contributed by atoms with Crippen LogP contribution in [-0.4, -0.2) is 23.1 Å². The molecule has 1 rings (SSSR count). The number of benzene rings is 1. The zero-order valence-electron chi connectivity index (χ0n) is 7.80. The minimum Gasteiger partial charge on any atom is -0.411 e. The van der Waals surface area contributed by atoms with Gasteiger partial charge in [-0.2, -0.15) is 0 Å². The maximum absolute atomic E-state index is 8.58. The largest absolute Gasteiger partial charge is 0.411 e. The highest BCUT2D eigenvalue weighted by Gasteiger charge is 1.89. The predicted octanol–water partition coefficient (Wildman–Crippen LogP) is 1.89. The highest BCUT2D eigenvalue weighted by Crippen LogP contribution is 2.05. The van der Waals surface area contributed by atoms with Crippen LogP contribution in [0, 0.1) is 0 Å². The first kappa shape index (κ1) is 10.5. The van der Waals surface area contributed by atoms with E-state index >= 15 is 0 Å². The van der Waals surface area contributed by atoms with Crippen molar-refractivity contribution in [3.05, 3.63) is 41.5 Å². The molecule has 74 valence electrons. The molecule has 0 aliphatic carbocycles. The van der Waals surface area contributed by atoms with E-state index in [2.05, 4.69) is 5.16 Å². The van der Waals surface area contributed by atoms with Crippen molar-refractivity contribution in [2.24, 2.45) is 5.16 Å². The molecule has 0 amide bonds. The van der Waals surface area contributed by atoms with Gasteiger partial charge >= 0.3 is 0 Å². The molecule has 1 aromatic rings. The Balaban J connectivity index is 2.73. The van der Waals surface area contributed by atoms with Gasteiger partial charge in [0.1, 0.15) is 0 Å². The third-order valence-corrected chi connectivity index (χ3v) is 1.72. The van der Waals surface area contributed by atoms with E-state index in [-0.39, 0.29) is 6.61 Å². The number of rotatable bonds is 4. The van der Waals surface area contributed by atoms with Gasteiger partial charge in [0.2, 0.25) is 0 Å². The highest BCUT2D eigenvalue weighted by atomic mass is 16.4. The molecule has 14 heavy (non-hydrogen) atoms. The molecule has 0 radical (unpaired) electrons. The molecule has 0 aliphatic heterocycles. The molecule has 0 spiro atoms. The van der Waals surface area contributed by atoms with Crippen LogP contribution in [0.4, 0.5) is 0 Å². The van der Waals surface area contributed by atoms with Gasteiger partial charge in [-0.05, 0) is 23.6 Å². The molecule has 0 aliphatic rings. The van der Waals surface area contributed by atoms with Gasteiger partial charge in [-0.3, -0.25) is 0 Å². The first-order valence-corrected chi connectivity index (χ1v) is 4.41. The minimum absolute atomic E-state index is 0.161. The third-order valence-electron chi connectivity index (χ3n) is 1.72. The summed E-state index contributed by atoms with van der Waals surface area (Å²) >= 11 is 0. The first-order chi connectivity index (χ1) is 6.86. The zero-order chi connectivity index (χ0) is 10.2. The molecule has 0 atom stereocenters. The highest BCUT2D eigenvalue weighted by molar-refractivity contribution is 5.80. The number of aliphatic hydroxyl groups excluding tert-OH is 1. The van der Waals surface area contributed by atoms with Crippen molar-refractivity contribution in [1.29, 1.82) is 0 Å². The fraction of sp³-hybridized carbons (Fsp3) is 0.182. The van der Waals surface area contributed by atoms with E-state index < -0.39 is 0 Å². The molecule has 0 heterocycles. The van der Waals surface area contributed by atoms with E-state index in [0.717, 1.165) is 11.1 Å². The molecule has 2 N–H and O–H groups in total. The van der Waals surface area contributed by atoms with E-state index in [1.807, 2.05) is 36.4 Å². The molecular weight excluding hydrogens is 178 g/mol. The summed E-state index contributed by atoms with van der Waals surface area (Å²) in [6.45, 7) is 0.161. The van der Waals surface area contributed by atoms with Crippen LogP contribution in [-0.2, 0) is 0 Å². The SMILES string of the molecule is OCCC=Cc1cccc(C=NO)c1. The number of hydrogen-bond donors (Lipinski definition) is 2.